The maximum atomic E-state index is 12.6. The molecule has 0 aliphatic carbocycles. The molecule has 0 unspecified atom stereocenters. The third-order valence-electron chi connectivity index (χ3n) is 4.75. The lowest BCUT2D eigenvalue weighted by Gasteiger charge is -2.41. The normalized spacial score (nSPS) is 20.9. The molecule has 2 aliphatic heterocycles. The van der Waals surface area contributed by atoms with Crippen molar-refractivity contribution in [3.63, 3.8) is 0 Å². The van der Waals surface area contributed by atoms with Crippen molar-refractivity contribution in [1.29, 1.82) is 0 Å². The predicted molar refractivity (Wildman–Crippen MR) is 98.9 cm³/mol. The Morgan fingerprint density at radius 1 is 0.926 bits per heavy atom. The molecule has 0 spiro atoms. The molecule has 2 heterocycles. The number of hydrogen-bond acceptors (Lipinski definition) is 5. The molecule has 7 heteroatoms. The lowest BCUT2D eigenvalue weighted by Crippen LogP contribution is -2.67. The summed E-state index contributed by atoms with van der Waals surface area (Å²) in [6, 6.07) is 15.9. The highest BCUT2D eigenvalue weighted by Crippen LogP contribution is 2.32. The first-order valence-electron chi connectivity index (χ1n) is 8.59. The summed E-state index contributed by atoms with van der Waals surface area (Å²) in [6.07, 6.45) is -0.209. The summed E-state index contributed by atoms with van der Waals surface area (Å²) in [6.45, 7) is 0. The summed E-state index contributed by atoms with van der Waals surface area (Å²) in [4.78, 5) is 51.2. The van der Waals surface area contributed by atoms with Gasteiger partial charge in [0, 0.05) is 11.3 Å². The number of thioether (sulfide) groups is 1. The van der Waals surface area contributed by atoms with Crippen molar-refractivity contribution in [2.75, 3.05) is 0 Å². The number of benzene rings is 2. The van der Waals surface area contributed by atoms with E-state index in [1.165, 1.54) is 0 Å². The first-order chi connectivity index (χ1) is 13.1. The number of amides is 3. The van der Waals surface area contributed by atoms with E-state index in [9.17, 15) is 19.2 Å². The van der Waals surface area contributed by atoms with Crippen LogP contribution in [0.3, 0.4) is 0 Å². The van der Waals surface area contributed by atoms with E-state index in [1.54, 1.807) is 24.3 Å². The Labute approximate surface area is 159 Å². The van der Waals surface area contributed by atoms with E-state index in [4.69, 9.17) is 0 Å². The maximum Gasteiger partial charge on any atom is 0.263 e. The van der Waals surface area contributed by atoms with Crippen LogP contribution in [0.1, 0.15) is 33.6 Å². The minimum atomic E-state index is -0.695. The molecule has 0 radical (unpaired) electrons. The van der Waals surface area contributed by atoms with Crippen LogP contribution in [0.4, 0.5) is 0 Å². The number of nitrogens with zero attached hydrogens (tertiary/aromatic N) is 1. The van der Waals surface area contributed by atoms with Crippen LogP contribution < -0.4 is 5.32 Å². The fourth-order valence-corrected chi connectivity index (χ4v) is 4.11. The van der Waals surface area contributed by atoms with Crippen molar-refractivity contribution < 1.29 is 19.2 Å². The number of imide groups is 1. The van der Waals surface area contributed by atoms with Crippen LogP contribution in [0.15, 0.2) is 59.5 Å². The minimum absolute atomic E-state index is 0.0537. The number of β-lactam (4-membered cyclic amide) rings is 1. The molecule has 0 saturated carbocycles. The minimum Gasteiger partial charge on any atom is -0.334 e. The average Bonchev–Trinajstić information content (AvgIpc) is 2.91. The van der Waals surface area contributed by atoms with Gasteiger partial charge in [-0.1, -0.05) is 42.1 Å². The van der Waals surface area contributed by atoms with E-state index in [1.807, 2.05) is 30.3 Å². The summed E-state index contributed by atoms with van der Waals surface area (Å²) >= 11 is 1.13. The smallest absolute Gasteiger partial charge is 0.263 e. The van der Waals surface area contributed by atoms with Crippen LogP contribution in [0, 0.1) is 5.92 Å². The highest BCUT2D eigenvalue weighted by atomic mass is 32.2. The summed E-state index contributed by atoms with van der Waals surface area (Å²) in [5.41, 5.74) is 0.691. The molecule has 2 aliphatic rings. The van der Waals surface area contributed by atoms with Crippen molar-refractivity contribution in [3.8, 4) is 0 Å². The number of hydrogen-bond donors (Lipinski definition) is 1. The molecule has 2 aromatic rings. The van der Waals surface area contributed by atoms with Crippen LogP contribution in [0.25, 0.3) is 0 Å². The monoisotopic (exact) mass is 380 g/mol. The second-order valence-electron chi connectivity index (χ2n) is 6.41. The van der Waals surface area contributed by atoms with Crippen molar-refractivity contribution in [2.45, 2.75) is 23.9 Å². The summed E-state index contributed by atoms with van der Waals surface area (Å²) in [5, 5.41) is 2.58. The van der Waals surface area contributed by atoms with Crippen LogP contribution in [0.5, 0.6) is 0 Å². The fraction of sp³-hybridized carbons (Fsp3) is 0.200. The second-order valence-corrected chi connectivity index (χ2v) is 7.54. The summed E-state index contributed by atoms with van der Waals surface area (Å²) in [5.74, 6) is -1.62. The van der Waals surface area contributed by atoms with E-state index in [0.29, 0.717) is 17.5 Å². The zero-order chi connectivity index (χ0) is 19.0. The molecule has 4 rings (SSSR count). The molecule has 1 N–H and O–H groups in total. The molecule has 0 aromatic heterocycles. The third kappa shape index (κ3) is 3.14. The first kappa shape index (κ1) is 17.5. The fourth-order valence-electron chi connectivity index (χ4n) is 3.34. The van der Waals surface area contributed by atoms with Gasteiger partial charge in [-0.2, -0.15) is 0 Å². The standard InChI is InChI=1S/C20H16N2O4S/c23-16(27-12-6-2-1-3-7-12)11-10-15-17(21-18(15)24)22-19(25)13-8-4-5-9-14(13)20(22)26/h1-9,15,17H,10-11H2,(H,21,24)/t15-,17+/m0/s1. The lowest BCUT2D eigenvalue weighted by atomic mass is 9.91. The van der Waals surface area contributed by atoms with Gasteiger partial charge in [-0.05, 0) is 30.7 Å². The van der Waals surface area contributed by atoms with E-state index >= 15 is 0 Å². The van der Waals surface area contributed by atoms with Crippen molar-refractivity contribution in [2.24, 2.45) is 5.92 Å². The molecular weight excluding hydrogens is 364 g/mol. The second kappa shape index (κ2) is 7.00. The quantitative estimate of drug-likeness (QED) is 0.489. The van der Waals surface area contributed by atoms with E-state index < -0.39 is 23.9 Å². The lowest BCUT2D eigenvalue weighted by molar-refractivity contribution is -0.139. The Kier molecular flexibility index (Phi) is 4.53. The number of rotatable bonds is 5. The van der Waals surface area contributed by atoms with Gasteiger partial charge in [-0.25, -0.2) is 0 Å². The Morgan fingerprint density at radius 2 is 1.52 bits per heavy atom. The van der Waals surface area contributed by atoms with Crippen molar-refractivity contribution in [1.82, 2.24) is 10.2 Å². The predicted octanol–water partition coefficient (Wildman–Crippen LogP) is 2.45. The molecule has 27 heavy (non-hydrogen) atoms. The number of nitrogens with one attached hydrogen (secondary N) is 1. The number of carbonyl (C=O) groups excluding carboxylic acids is 4. The van der Waals surface area contributed by atoms with E-state index in [-0.39, 0.29) is 17.4 Å². The molecule has 0 bridgehead atoms. The molecule has 1 saturated heterocycles. The van der Waals surface area contributed by atoms with Gasteiger partial charge in [0.05, 0.1) is 17.0 Å². The van der Waals surface area contributed by atoms with Gasteiger partial charge in [0.25, 0.3) is 11.8 Å². The molecule has 136 valence electrons. The molecule has 6 nitrogen and oxygen atoms in total. The van der Waals surface area contributed by atoms with Crippen LogP contribution in [-0.2, 0) is 9.59 Å². The molecule has 3 amide bonds. The van der Waals surface area contributed by atoms with Gasteiger partial charge in [-0.3, -0.25) is 24.1 Å². The zero-order valence-electron chi connectivity index (χ0n) is 14.3. The van der Waals surface area contributed by atoms with Gasteiger partial charge < -0.3 is 5.32 Å². The van der Waals surface area contributed by atoms with Gasteiger partial charge >= 0.3 is 0 Å². The first-order valence-corrected chi connectivity index (χ1v) is 9.41. The average molecular weight is 380 g/mol. The molecule has 2 aromatic carbocycles. The van der Waals surface area contributed by atoms with Gasteiger partial charge in [0.2, 0.25) is 5.91 Å². The SMILES string of the molecule is O=C(CC[C@@H]1C(=O)N[C@@H]1N1C(=O)c2ccccc2C1=O)Sc1ccccc1. The maximum absolute atomic E-state index is 12.6. The molecule has 1 fully saturated rings. The Hall–Kier alpha value is -2.93. The Morgan fingerprint density at radius 3 is 2.11 bits per heavy atom. The topological polar surface area (TPSA) is 83.6 Å². The van der Waals surface area contributed by atoms with Crippen molar-refractivity contribution in [3.05, 3.63) is 65.7 Å². The third-order valence-corrected chi connectivity index (χ3v) is 5.69. The highest BCUT2D eigenvalue weighted by Gasteiger charge is 2.50. The zero-order valence-corrected chi connectivity index (χ0v) is 15.1. The largest absolute Gasteiger partial charge is 0.334 e. The van der Waals surface area contributed by atoms with Crippen LogP contribution >= 0.6 is 11.8 Å². The number of carbonyl (C=O) groups is 4. The van der Waals surface area contributed by atoms with E-state index in [0.717, 1.165) is 21.6 Å². The molecule has 2 atom stereocenters. The summed E-state index contributed by atoms with van der Waals surface area (Å²) < 4.78 is 0. The van der Waals surface area contributed by atoms with Crippen molar-refractivity contribution >= 4 is 34.6 Å². The summed E-state index contributed by atoms with van der Waals surface area (Å²) in [7, 11) is 0. The van der Waals surface area contributed by atoms with Gasteiger partial charge in [-0.15, -0.1) is 0 Å². The Balaban J connectivity index is 1.41. The van der Waals surface area contributed by atoms with E-state index in [2.05, 4.69) is 5.32 Å². The van der Waals surface area contributed by atoms with Crippen LogP contribution in [-0.4, -0.2) is 33.9 Å². The Bertz CT molecular complexity index is 909. The van der Waals surface area contributed by atoms with Gasteiger partial charge in [0.1, 0.15) is 6.17 Å². The highest BCUT2D eigenvalue weighted by molar-refractivity contribution is 8.13. The molecular formula is C20H16N2O4S. The van der Waals surface area contributed by atoms with Crippen LogP contribution in [0.2, 0.25) is 0 Å². The number of fused-ring (bicyclic) bond motifs is 1. The van der Waals surface area contributed by atoms with Gasteiger partial charge in [0.15, 0.2) is 5.12 Å².